The molecule has 0 radical (unpaired) electrons. The number of rotatable bonds is 2. The van der Waals surface area contributed by atoms with Crippen LogP contribution in [0.2, 0.25) is 0 Å². The second kappa shape index (κ2) is 4.72. The van der Waals surface area contributed by atoms with E-state index in [2.05, 4.69) is 56.0 Å². The molecular formula is C12H12Br2N2. The Kier molecular flexibility index (Phi) is 3.50. The van der Waals surface area contributed by atoms with E-state index in [1.54, 1.807) is 0 Å². The second-order valence-corrected chi connectivity index (χ2v) is 5.01. The molecule has 0 saturated carbocycles. The van der Waals surface area contributed by atoms with E-state index in [0.29, 0.717) is 0 Å². The van der Waals surface area contributed by atoms with Crippen molar-refractivity contribution < 1.29 is 0 Å². The van der Waals surface area contributed by atoms with Crippen molar-refractivity contribution in [1.29, 1.82) is 0 Å². The highest BCUT2D eigenvalue weighted by Crippen LogP contribution is 2.25. The molecule has 0 fully saturated rings. The Balaban J connectivity index is 2.63. The average Bonchev–Trinajstić information content (AvgIpc) is 2.57. The van der Waals surface area contributed by atoms with E-state index < -0.39 is 0 Å². The highest BCUT2D eigenvalue weighted by Gasteiger charge is 2.12. The maximum Gasteiger partial charge on any atom is 0.0743 e. The molecule has 0 spiro atoms. The van der Waals surface area contributed by atoms with Crippen molar-refractivity contribution in [2.24, 2.45) is 0 Å². The number of aromatic nitrogens is 2. The van der Waals surface area contributed by atoms with Crippen LogP contribution < -0.4 is 0 Å². The van der Waals surface area contributed by atoms with Crippen LogP contribution >= 0.6 is 31.9 Å². The van der Waals surface area contributed by atoms with E-state index in [4.69, 9.17) is 0 Å². The summed E-state index contributed by atoms with van der Waals surface area (Å²) >= 11 is 7.05. The maximum absolute atomic E-state index is 4.54. The first-order valence-corrected chi connectivity index (χ1v) is 6.92. The van der Waals surface area contributed by atoms with Crippen molar-refractivity contribution in [3.05, 3.63) is 45.7 Å². The molecule has 0 aliphatic heterocycles. The minimum absolute atomic E-state index is 0.832. The molecule has 1 heterocycles. The topological polar surface area (TPSA) is 17.8 Å². The van der Waals surface area contributed by atoms with Crippen molar-refractivity contribution in [1.82, 2.24) is 9.78 Å². The highest BCUT2D eigenvalue weighted by atomic mass is 79.9. The molecule has 0 saturated heterocycles. The van der Waals surface area contributed by atoms with Crippen molar-refractivity contribution in [2.45, 2.75) is 19.2 Å². The first-order valence-electron chi connectivity index (χ1n) is 5.01. The molecule has 4 heteroatoms. The second-order valence-electron chi connectivity index (χ2n) is 3.66. The van der Waals surface area contributed by atoms with Gasteiger partial charge >= 0.3 is 0 Å². The molecule has 1 aromatic carbocycles. The summed E-state index contributed by atoms with van der Waals surface area (Å²) < 4.78 is 3.06. The first-order chi connectivity index (χ1) is 7.65. The van der Waals surface area contributed by atoms with Gasteiger partial charge in [0, 0.05) is 5.33 Å². The lowest BCUT2D eigenvalue weighted by atomic mass is 10.2. The molecule has 0 aliphatic carbocycles. The zero-order valence-corrected chi connectivity index (χ0v) is 12.3. The standard InChI is InChI=1S/C12H12Br2N2/c1-8-12(14)9(2)16(15-8)11-6-4-3-5-10(11)7-13/h3-6H,7H2,1-2H3. The summed E-state index contributed by atoms with van der Waals surface area (Å²) in [6, 6.07) is 8.27. The van der Waals surface area contributed by atoms with Crippen LogP contribution in [0.1, 0.15) is 17.0 Å². The smallest absolute Gasteiger partial charge is 0.0743 e. The number of aryl methyl sites for hydroxylation is 1. The zero-order chi connectivity index (χ0) is 11.7. The van der Waals surface area contributed by atoms with Crippen molar-refractivity contribution in [3.8, 4) is 5.69 Å². The summed E-state index contributed by atoms with van der Waals surface area (Å²) in [6.45, 7) is 4.07. The van der Waals surface area contributed by atoms with Gasteiger partial charge in [-0.3, -0.25) is 0 Å². The first kappa shape index (κ1) is 11.9. The van der Waals surface area contributed by atoms with Crippen LogP contribution in [-0.4, -0.2) is 9.78 Å². The molecule has 2 nitrogen and oxygen atoms in total. The number of hydrogen-bond donors (Lipinski definition) is 0. The molecule has 1 aromatic heterocycles. The van der Waals surface area contributed by atoms with Crippen LogP contribution in [0.15, 0.2) is 28.7 Å². The van der Waals surface area contributed by atoms with Gasteiger partial charge in [-0.15, -0.1) is 0 Å². The Morgan fingerprint density at radius 2 is 1.94 bits per heavy atom. The lowest BCUT2D eigenvalue weighted by Gasteiger charge is -2.08. The Hall–Kier alpha value is -0.610. The SMILES string of the molecule is Cc1nn(-c2ccccc2CBr)c(C)c1Br. The number of halogens is 2. The van der Waals surface area contributed by atoms with Crippen molar-refractivity contribution in [3.63, 3.8) is 0 Å². The quantitative estimate of drug-likeness (QED) is 0.749. The molecule has 0 N–H and O–H groups in total. The van der Waals surface area contributed by atoms with Gasteiger partial charge in [-0.1, -0.05) is 34.1 Å². The van der Waals surface area contributed by atoms with Crippen molar-refractivity contribution in [2.75, 3.05) is 0 Å². The predicted molar refractivity (Wildman–Crippen MR) is 73.4 cm³/mol. The van der Waals surface area contributed by atoms with Crippen LogP contribution in [0.5, 0.6) is 0 Å². The molecule has 0 bridgehead atoms. The van der Waals surface area contributed by atoms with E-state index in [1.807, 2.05) is 23.7 Å². The van der Waals surface area contributed by atoms with E-state index in [9.17, 15) is 0 Å². The molecule has 0 unspecified atom stereocenters. The van der Waals surface area contributed by atoms with E-state index in [-0.39, 0.29) is 0 Å². The summed E-state index contributed by atoms with van der Waals surface area (Å²) in [5.74, 6) is 0. The molecule has 0 atom stereocenters. The largest absolute Gasteiger partial charge is 0.236 e. The van der Waals surface area contributed by atoms with Gasteiger partial charge in [0.25, 0.3) is 0 Å². The molecule has 16 heavy (non-hydrogen) atoms. The Labute approximate surface area is 112 Å². The predicted octanol–water partition coefficient (Wildman–Crippen LogP) is 4.15. The average molecular weight is 344 g/mol. The summed E-state index contributed by atoms with van der Waals surface area (Å²) in [5.41, 5.74) is 4.51. The van der Waals surface area contributed by atoms with Crippen LogP contribution in [-0.2, 0) is 5.33 Å². The maximum atomic E-state index is 4.54. The van der Waals surface area contributed by atoms with Gasteiger partial charge in [0.05, 0.1) is 21.5 Å². The van der Waals surface area contributed by atoms with E-state index >= 15 is 0 Å². The number of para-hydroxylation sites is 1. The Morgan fingerprint density at radius 3 is 2.50 bits per heavy atom. The highest BCUT2D eigenvalue weighted by molar-refractivity contribution is 9.10. The molecular weight excluding hydrogens is 332 g/mol. The lowest BCUT2D eigenvalue weighted by molar-refractivity contribution is 0.826. The minimum Gasteiger partial charge on any atom is -0.236 e. The Bertz CT molecular complexity index is 518. The molecule has 2 aromatic rings. The van der Waals surface area contributed by atoms with E-state index in [0.717, 1.165) is 26.9 Å². The third-order valence-corrected chi connectivity index (χ3v) is 4.32. The van der Waals surface area contributed by atoms with Gasteiger partial charge in [0.2, 0.25) is 0 Å². The van der Waals surface area contributed by atoms with Crippen molar-refractivity contribution >= 4 is 31.9 Å². The summed E-state index contributed by atoms with van der Waals surface area (Å²) in [4.78, 5) is 0. The zero-order valence-electron chi connectivity index (χ0n) is 9.17. The number of benzene rings is 1. The van der Waals surface area contributed by atoms with Gasteiger partial charge in [0.1, 0.15) is 0 Å². The van der Waals surface area contributed by atoms with E-state index in [1.165, 1.54) is 5.56 Å². The van der Waals surface area contributed by atoms with Crippen LogP contribution in [0, 0.1) is 13.8 Å². The fourth-order valence-corrected chi connectivity index (χ4v) is 2.41. The minimum atomic E-state index is 0.832. The molecule has 0 amide bonds. The molecule has 84 valence electrons. The van der Waals surface area contributed by atoms with Gasteiger partial charge in [-0.2, -0.15) is 5.10 Å². The number of hydrogen-bond acceptors (Lipinski definition) is 1. The monoisotopic (exact) mass is 342 g/mol. The third-order valence-electron chi connectivity index (χ3n) is 2.57. The number of nitrogens with zero attached hydrogens (tertiary/aromatic N) is 2. The lowest BCUT2D eigenvalue weighted by Crippen LogP contribution is -2.02. The number of alkyl halides is 1. The van der Waals surface area contributed by atoms with Crippen LogP contribution in [0.25, 0.3) is 5.69 Å². The van der Waals surface area contributed by atoms with Gasteiger partial charge in [-0.05, 0) is 41.4 Å². The summed E-state index contributed by atoms with van der Waals surface area (Å²) in [6.07, 6.45) is 0. The van der Waals surface area contributed by atoms with Crippen LogP contribution in [0.3, 0.4) is 0 Å². The normalized spacial score (nSPS) is 10.8. The third kappa shape index (κ3) is 1.96. The Morgan fingerprint density at radius 1 is 1.25 bits per heavy atom. The summed E-state index contributed by atoms with van der Waals surface area (Å²) in [5, 5.41) is 5.37. The van der Waals surface area contributed by atoms with Gasteiger partial charge in [-0.25, -0.2) is 4.68 Å². The van der Waals surface area contributed by atoms with Gasteiger partial charge in [0.15, 0.2) is 0 Å². The van der Waals surface area contributed by atoms with Crippen LogP contribution in [0.4, 0.5) is 0 Å². The molecule has 0 aliphatic rings. The fraction of sp³-hybridized carbons (Fsp3) is 0.250. The fourth-order valence-electron chi connectivity index (χ4n) is 1.69. The summed E-state index contributed by atoms with van der Waals surface area (Å²) in [7, 11) is 0. The van der Waals surface area contributed by atoms with Gasteiger partial charge < -0.3 is 0 Å². The molecule has 2 rings (SSSR count).